The number of amides is 1. The van der Waals surface area contributed by atoms with Crippen LogP contribution in [-0.2, 0) is 18.3 Å². The van der Waals surface area contributed by atoms with Gasteiger partial charge in [-0.05, 0) is 31.0 Å². The summed E-state index contributed by atoms with van der Waals surface area (Å²) in [5.74, 6) is 2.01. The number of hydrogen-bond acceptors (Lipinski definition) is 4. The summed E-state index contributed by atoms with van der Waals surface area (Å²) < 4.78 is 12.1. The number of nitrogens with one attached hydrogen (secondary N) is 1. The zero-order valence-corrected chi connectivity index (χ0v) is 13.3. The average Bonchev–Trinajstić information content (AvgIpc) is 2.82. The van der Waals surface area contributed by atoms with Gasteiger partial charge in [0.1, 0.15) is 5.82 Å². The molecule has 0 spiro atoms. The summed E-state index contributed by atoms with van der Waals surface area (Å²) in [6.07, 6.45) is 1.02. The summed E-state index contributed by atoms with van der Waals surface area (Å²) in [5.41, 5.74) is 1.90. The first kappa shape index (κ1) is 15.9. The Labute approximate surface area is 130 Å². The van der Waals surface area contributed by atoms with E-state index < -0.39 is 0 Å². The van der Waals surface area contributed by atoms with Gasteiger partial charge in [-0.2, -0.15) is 5.10 Å². The van der Waals surface area contributed by atoms with Gasteiger partial charge in [0.05, 0.1) is 19.9 Å². The molecule has 0 aliphatic heterocycles. The molecule has 6 heteroatoms. The topological polar surface area (TPSA) is 65.4 Å². The van der Waals surface area contributed by atoms with Gasteiger partial charge in [-0.25, -0.2) is 0 Å². The second-order valence-corrected chi connectivity index (χ2v) is 5.03. The Morgan fingerprint density at radius 3 is 2.55 bits per heavy atom. The van der Waals surface area contributed by atoms with E-state index in [2.05, 4.69) is 10.4 Å². The van der Waals surface area contributed by atoms with Crippen LogP contribution in [-0.4, -0.2) is 29.9 Å². The number of ether oxygens (including phenoxy) is 2. The molecule has 0 aliphatic carbocycles. The van der Waals surface area contributed by atoms with Crippen LogP contribution in [0.4, 0.5) is 5.82 Å². The second-order valence-electron chi connectivity index (χ2n) is 5.03. The molecule has 0 unspecified atom stereocenters. The van der Waals surface area contributed by atoms with Crippen molar-refractivity contribution in [3.05, 3.63) is 35.5 Å². The lowest BCUT2D eigenvalue weighted by molar-refractivity contribution is -0.116. The third-order valence-corrected chi connectivity index (χ3v) is 3.36. The van der Waals surface area contributed by atoms with Crippen LogP contribution in [0.1, 0.15) is 17.7 Å². The molecule has 0 atom stereocenters. The molecule has 1 aromatic carbocycles. The Hall–Kier alpha value is -2.50. The molecule has 2 rings (SSSR count). The van der Waals surface area contributed by atoms with E-state index in [9.17, 15) is 4.79 Å². The molecule has 1 heterocycles. The number of rotatable bonds is 6. The molecule has 22 heavy (non-hydrogen) atoms. The summed E-state index contributed by atoms with van der Waals surface area (Å²) in [6.45, 7) is 1.89. The molecule has 0 radical (unpaired) electrons. The minimum absolute atomic E-state index is 0.0437. The number of benzene rings is 1. The number of aryl methyl sites for hydroxylation is 3. The average molecular weight is 303 g/mol. The Balaban J connectivity index is 1.95. The molecule has 0 bridgehead atoms. The summed E-state index contributed by atoms with van der Waals surface area (Å²) in [7, 11) is 5.00. The lowest BCUT2D eigenvalue weighted by Crippen LogP contribution is -2.14. The summed E-state index contributed by atoms with van der Waals surface area (Å²) >= 11 is 0. The van der Waals surface area contributed by atoms with Crippen molar-refractivity contribution in [2.45, 2.75) is 19.8 Å². The molecule has 6 nitrogen and oxygen atoms in total. The lowest BCUT2D eigenvalue weighted by atomic mass is 10.1. The van der Waals surface area contributed by atoms with Gasteiger partial charge in [-0.3, -0.25) is 9.48 Å². The molecule has 0 fully saturated rings. The zero-order valence-electron chi connectivity index (χ0n) is 13.3. The van der Waals surface area contributed by atoms with Crippen molar-refractivity contribution in [2.24, 2.45) is 7.05 Å². The highest BCUT2D eigenvalue weighted by Crippen LogP contribution is 2.28. The van der Waals surface area contributed by atoms with E-state index in [0.717, 1.165) is 11.3 Å². The van der Waals surface area contributed by atoms with E-state index in [0.29, 0.717) is 30.2 Å². The maximum Gasteiger partial charge on any atom is 0.225 e. The molecule has 118 valence electrons. The van der Waals surface area contributed by atoms with Gasteiger partial charge in [0, 0.05) is 19.5 Å². The first-order valence-electron chi connectivity index (χ1n) is 7.05. The monoisotopic (exact) mass is 303 g/mol. The van der Waals surface area contributed by atoms with Crippen molar-refractivity contribution >= 4 is 11.7 Å². The predicted octanol–water partition coefficient (Wildman–Crippen LogP) is 2.32. The largest absolute Gasteiger partial charge is 0.493 e. The molecule has 1 amide bonds. The van der Waals surface area contributed by atoms with Gasteiger partial charge >= 0.3 is 0 Å². The van der Waals surface area contributed by atoms with E-state index in [4.69, 9.17) is 9.47 Å². The fourth-order valence-electron chi connectivity index (χ4n) is 2.23. The zero-order chi connectivity index (χ0) is 16.1. The van der Waals surface area contributed by atoms with Crippen LogP contribution in [0.25, 0.3) is 0 Å². The highest BCUT2D eigenvalue weighted by molar-refractivity contribution is 5.90. The number of carbonyl (C=O) groups is 1. The number of carbonyl (C=O) groups excluding carboxylic acids is 1. The van der Waals surface area contributed by atoms with Gasteiger partial charge in [-0.15, -0.1) is 0 Å². The maximum atomic E-state index is 12.0. The molecule has 0 saturated carbocycles. The Kier molecular flexibility index (Phi) is 5.04. The number of methoxy groups -OCH3 is 2. The SMILES string of the molecule is COc1ccc(CCC(=O)Nc2cc(C)nn2C)cc1OC. The fraction of sp³-hybridized carbons (Fsp3) is 0.375. The normalized spacial score (nSPS) is 10.4. The first-order valence-corrected chi connectivity index (χ1v) is 7.05. The van der Waals surface area contributed by atoms with Crippen LogP contribution in [0.15, 0.2) is 24.3 Å². The Bertz CT molecular complexity index is 665. The van der Waals surface area contributed by atoms with Crippen molar-refractivity contribution < 1.29 is 14.3 Å². The molecular weight excluding hydrogens is 282 g/mol. The third kappa shape index (κ3) is 3.78. The van der Waals surface area contributed by atoms with E-state index in [1.807, 2.05) is 31.2 Å². The minimum atomic E-state index is -0.0437. The first-order chi connectivity index (χ1) is 10.5. The number of aromatic nitrogens is 2. The number of anilines is 1. The Morgan fingerprint density at radius 1 is 1.23 bits per heavy atom. The standard InChI is InChI=1S/C16H21N3O3/c1-11-9-15(19(2)18-11)17-16(20)8-6-12-5-7-13(21-3)14(10-12)22-4/h5,7,9-10H,6,8H2,1-4H3,(H,17,20). The van der Waals surface area contributed by atoms with Gasteiger partial charge in [-0.1, -0.05) is 6.07 Å². The van der Waals surface area contributed by atoms with Crippen molar-refractivity contribution in [1.82, 2.24) is 9.78 Å². The molecule has 2 aromatic rings. The smallest absolute Gasteiger partial charge is 0.225 e. The lowest BCUT2D eigenvalue weighted by Gasteiger charge is -2.09. The predicted molar refractivity (Wildman–Crippen MR) is 84.4 cm³/mol. The summed E-state index contributed by atoms with van der Waals surface area (Å²) in [5, 5.41) is 7.05. The maximum absolute atomic E-state index is 12.0. The van der Waals surface area contributed by atoms with Crippen molar-refractivity contribution in [3.63, 3.8) is 0 Å². The van der Waals surface area contributed by atoms with Gasteiger partial charge in [0.15, 0.2) is 11.5 Å². The van der Waals surface area contributed by atoms with Crippen molar-refractivity contribution in [1.29, 1.82) is 0 Å². The quantitative estimate of drug-likeness (QED) is 0.889. The van der Waals surface area contributed by atoms with E-state index >= 15 is 0 Å². The second kappa shape index (κ2) is 6.98. The molecule has 0 saturated heterocycles. The number of nitrogens with zero attached hydrogens (tertiary/aromatic N) is 2. The molecular formula is C16H21N3O3. The molecule has 0 aliphatic rings. The minimum Gasteiger partial charge on any atom is -0.493 e. The van der Waals surface area contributed by atoms with Gasteiger partial charge in [0.25, 0.3) is 0 Å². The fourth-order valence-corrected chi connectivity index (χ4v) is 2.23. The van der Waals surface area contributed by atoms with E-state index in [1.165, 1.54) is 0 Å². The van der Waals surface area contributed by atoms with Crippen LogP contribution in [0, 0.1) is 6.92 Å². The molecule has 1 aromatic heterocycles. The van der Waals surface area contributed by atoms with Crippen LogP contribution in [0.3, 0.4) is 0 Å². The third-order valence-electron chi connectivity index (χ3n) is 3.36. The van der Waals surface area contributed by atoms with Gasteiger partial charge in [0.2, 0.25) is 5.91 Å². The van der Waals surface area contributed by atoms with E-state index in [1.54, 1.807) is 25.9 Å². The van der Waals surface area contributed by atoms with E-state index in [-0.39, 0.29) is 5.91 Å². The molecule has 1 N–H and O–H groups in total. The highest BCUT2D eigenvalue weighted by atomic mass is 16.5. The van der Waals surface area contributed by atoms with Crippen molar-refractivity contribution in [2.75, 3.05) is 19.5 Å². The summed E-state index contributed by atoms with van der Waals surface area (Å²) in [4.78, 5) is 12.0. The van der Waals surface area contributed by atoms with Crippen LogP contribution >= 0.6 is 0 Å². The number of hydrogen-bond donors (Lipinski definition) is 1. The van der Waals surface area contributed by atoms with Crippen LogP contribution in [0.5, 0.6) is 11.5 Å². The Morgan fingerprint density at radius 2 is 1.95 bits per heavy atom. The van der Waals surface area contributed by atoms with Gasteiger partial charge < -0.3 is 14.8 Å². The van der Waals surface area contributed by atoms with Crippen LogP contribution in [0.2, 0.25) is 0 Å². The van der Waals surface area contributed by atoms with Crippen molar-refractivity contribution in [3.8, 4) is 11.5 Å². The highest BCUT2D eigenvalue weighted by Gasteiger charge is 2.09. The van der Waals surface area contributed by atoms with Crippen LogP contribution < -0.4 is 14.8 Å². The summed E-state index contributed by atoms with van der Waals surface area (Å²) in [6, 6.07) is 7.51.